The van der Waals surface area contributed by atoms with Gasteiger partial charge in [-0.15, -0.1) is 0 Å². The van der Waals surface area contributed by atoms with Crippen molar-refractivity contribution < 1.29 is 0 Å². The zero-order chi connectivity index (χ0) is 19.9. The lowest BCUT2D eigenvalue weighted by Gasteiger charge is -2.36. The smallest absolute Gasteiger partial charge is 0.111 e. The van der Waals surface area contributed by atoms with Gasteiger partial charge in [0.05, 0.1) is 11.0 Å². The monoisotopic (exact) mass is 400 g/mol. The van der Waals surface area contributed by atoms with Gasteiger partial charge in [0.1, 0.15) is 5.82 Å². The molecule has 3 aliphatic rings. The average molecular weight is 401 g/mol. The predicted molar refractivity (Wildman–Crippen MR) is 123 cm³/mol. The molecule has 0 bridgehead atoms. The minimum atomic E-state index is 0.702. The minimum Gasteiger partial charge on any atom is -0.371 e. The highest BCUT2D eigenvalue weighted by atomic mass is 15.2. The lowest BCUT2D eigenvalue weighted by Crippen LogP contribution is -2.41. The standard InChI is InChI=1S/C26H32N4/c1-2-5-20(6-3-1)21-11-14-28(15-12-21)23-9-10-25-24(19-23)27-26-13-16-29(17-18-30(25)26)22-7-4-8-22/h1-3,5-6,9-10,19,21-22H,4,7-8,11-18H2. The Morgan fingerprint density at radius 3 is 2.40 bits per heavy atom. The Morgan fingerprint density at radius 2 is 1.63 bits per heavy atom. The lowest BCUT2D eigenvalue weighted by atomic mass is 9.89. The van der Waals surface area contributed by atoms with E-state index in [1.54, 1.807) is 0 Å². The van der Waals surface area contributed by atoms with Crippen molar-refractivity contribution in [3.05, 3.63) is 59.9 Å². The van der Waals surface area contributed by atoms with Crippen LogP contribution in [0.5, 0.6) is 0 Å². The molecule has 0 N–H and O–H groups in total. The number of nitrogens with zero attached hydrogens (tertiary/aromatic N) is 4. The van der Waals surface area contributed by atoms with Gasteiger partial charge in [-0.3, -0.25) is 4.90 Å². The zero-order valence-electron chi connectivity index (χ0n) is 17.8. The van der Waals surface area contributed by atoms with E-state index >= 15 is 0 Å². The molecule has 4 nitrogen and oxygen atoms in total. The van der Waals surface area contributed by atoms with Gasteiger partial charge in [0.15, 0.2) is 0 Å². The van der Waals surface area contributed by atoms with Crippen LogP contribution in [-0.2, 0) is 13.0 Å². The van der Waals surface area contributed by atoms with Crippen molar-refractivity contribution in [1.29, 1.82) is 0 Å². The highest BCUT2D eigenvalue weighted by Crippen LogP contribution is 2.32. The first kappa shape index (κ1) is 18.4. The predicted octanol–water partition coefficient (Wildman–Crippen LogP) is 4.83. The maximum Gasteiger partial charge on any atom is 0.111 e. The minimum absolute atomic E-state index is 0.702. The number of hydrogen-bond acceptors (Lipinski definition) is 3. The van der Waals surface area contributed by atoms with Gasteiger partial charge < -0.3 is 9.47 Å². The molecule has 0 amide bonds. The first-order valence-corrected chi connectivity index (χ1v) is 11.9. The first-order valence-electron chi connectivity index (χ1n) is 11.9. The molecule has 1 saturated carbocycles. The number of piperidine rings is 1. The van der Waals surface area contributed by atoms with Crippen LogP contribution in [-0.4, -0.2) is 46.7 Å². The van der Waals surface area contributed by atoms with Crippen molar-refractivity contribution in [2.45, 2.75) is 57.0 Å². The summed E-state index contributed by atoms with van der Waals surface area (Å²) in [7, 11) is 0. The molecule has 0 spiro atoms. The highest BCUT2D eigenvalue weighted by molar-refractivity contribution is 5.80. The average Bonchev–Trinajstić information content (AvgIpc) is 2.99. The summed E-state index contributed by atoms with van der Waals surface area (Å²) in [6.07, 6.45) is 7.77. The van der Waals surface area contributed by atoms with E-state index in [0.29, 0.717) is 5.92 Å². The maximum atomic E-state index is 5.08. The van der Waals surface area contributed by atoms with Crippen molar-refractivity contribution >= 4 is 16.7 Å². The Kier molecular flexibility index (Phi) is 4.75. The van der Waals surface area contributed by atoms with Gasteiger partial charge in [-0.2, -0.15) is 0 Å². The first-order chi connectivity index (χ1) is 14.8. The molecule has 3 heterocycles. The van der Waals surface area contributed by atoms with Crippen LogP contribution >= 0.6 is 0 Å². The van der Waals surface area contributed by atoms with Gasteiger partial charge >= 0.3 is 0 Å². The van der Waals surface area contributed by atoms with Crippen molar-refractivity contribution in [3.8, 4) is 0 Å². The second kappa shape index (κ2) is 7.73. The molecule has 0 atom stereocenters. The van der Waals surface area contributed by atoms with Gasteiger partial charge in [-0.25, -0.2) is 4.98 Å². The fourth-order valence-corrected chi connectivity index (χ4v) is 5.70. The molecule has 2 aliphatic heterocycles. The fourth-order valence-electron chi connectivity index (χ4n) is 5.70. The molecule has 1 aliphatic carbocycles. The normalized spacial score (nSPS) is 21.4. The molecule has 1 saturated heterocycles. The largest absolute Gasteiger partial charge is 0.371 e. The molecule has 0 unspecified atom stereocenters. The van der Waals surface area contributed by atoms with E-state index < -0.39 is 0 Å². The summed E-state index contributed by atoms with van der Waals surface area (Å²) in [6, 6.07) is 18.9. The van der Waals surface area contributed by atoms with Gasteiger partial charge in [0.25, 0.3) is 0 Å². The molecule has 4 heteroatoms. The van der Waals surface area contributed by atoms with Gasteiger partial charge in [0, 0.05) is 50.9 Å². The van der Waals surface area contributed by atoms with Crippen LogP contribution in [0.25, 0.3) is 11.0 Å². The van der Waals surface area contributed by atoms with Crippen LogP contribution in [0.2, 0.25) is 0 Å². The Hall–Kier alpha value is -2.33. The molecular formula is C26H32N4. The van der Waals surface area contributed by atoms with E-state index in [1.807, 2.05) is 0 Å². The van der Waals surface area contributed by atoms with E-state index in [1.165, 1.54) is 73.3 Å². The van der Waals surface area contributed by atoms with Crippen LogP contribution in [0.15, 0.2) is 48.5 Å². The summed E-state index contributed by atoms with van der Waals surface area (Å²) in [6.45, 7) is 5.71. The highest BCUT2D eigenvalue weighted by Gasteiger charge is 2.27. The molecule has 2 aromatic carbocycles. The van der Waals surface area contributed by atoms with Crippen molar-refractivity contribution in [1.82, 2.24) is 14.5 Å². The molecular weight excluding hydrogens is 368 g/mol. The number of fused-ring (bicyclic) bond motifs is 3. The summed E-state index contributed by atoms with van der Waals surface area (Å²) in [4.78, 5) is 10.3. The SMILES string of the molecule is c1ccc(C2CCN(c3ccc4c(c3)nc3n4CCN(C4CCC4)CC3)CC2)cc1. The Labute approximate surface area is 179 Å². The van der Waals surface area contributed by atoms with Crippen molar-refractivity contribution in [3.63, 3.8) is 0 Å². The van der Waals surface area contributed by atoms with Crippen LogP contribution in [0.3, 0.4) is 0 Å². The van der Waals surface area contributed by atoms with Crippen molar-refractivity contribution in [2.24, 2.45) is 0 Å². The Balaban J connectivity index is 1.17. The summed E-state index contributed by atoms with van der Waals surface area (Å²) in [5.74, 6) is 1.99. The third-order valence-electron chi connectivity index (χ3n) is 7.77. The molecule has 2 fully saturated rings. The topological polar surface area (TPSA) is 24.3 Å². The maximum absolute atomic E-state index is 5.08. The van der Waals surface area contributed by atoms with Gasteiger partial charge in [-0.05, 0) is 55.4 Å². The molecule has 3 aromatic rings. The molecule has 0 radical (unpaired) electrons. The van der Waals surface area contributed by atoms with Gasteiger partial charge in [-0.1, -0.05) is 36.8 Å². The van der Waals surface area contributed by atoms with Crippen LogP contribution in [0, 0.1) is 0 Å². The molecule has 1 aromatic heterocycles. The van der Waals surface area contributed by atoms with E-state index in [4.69, 9.17) is 4.98 Å². The van der Waals surface area contributed by atoms with Crippen LogP contribution < -0.4 is 4.90 Å². The van der Waals surface area contributed by atoms with E-state index in [0.717, 1.165) is 32.1 Å². The fraction of sp³-hybridized carbons (Fsp3) is 0.500. The molecule has 156 valence electrons. The third kappa shape index (κ3) is 3.31. The van der Waals surface area contributed by atoms with E-state index in [-0.39, 0.29) is 0 Å². The van der Waals surface area contributed by atoms with Crippen molar-refractivity contribution in [2.75, 3.05) is 31.1 Å². The van der Waals surface area contributed by atoms with Crippen LogP contribution in [0.1, 0.15) is 49.4 Å². The van der Waals surface area contributed by atoms with E-state index in [2.05, 4.69) is 62.9 Å². The second-order valence-electron chi connectivity index (χ2n) is 9.40. The number of aromatic nitrogens is 2. The summed E-state index contributed by atoms with van der Waals surface area (Å²) in [5, 5.41) is 0. The molecule has 30 heavy (non-hydrogen) atoms. The summed E-state index contributed by atoms with van der Waals surface area (Å²) < 4.78 is 2.49. The zero-order valence-corrected chi connectivity index (χ0v) is 17.8. The summed E-state index contributed by atoms with van der Waals surface area (Å²) >= 11 is 0. The number of imidazole rings is 1. The second-order valence-corrected chi connectivity index (χ2v) is 9.40. The summed E-state index contributed by atoms with van der Waals surface area (Å²) in [5.41, 5.74) is 5.35. The lowest BCUT2D eigenvalue weighted by molar-refractivity contribution is 0.130. The third-order valence-corrected chi connectivity index (χ3v) is 7.77. The Bertz CT molecular complexity index is 1010. The number of rotatable bonds is 3. The quantitative estimate of drug-likeness (QED) is 0.629. The molecule has 6 rings (SSSR count). The van der Waals surface area contributed by atoms with Crippen LogP contribution in [0.4, 0.5) is 5.69 Å². The van der Waals surface area contributed by atoms with Gasteiger partial charge in [0.2, 0.25) is 0 Å². The number of benzene rings is 2. The number of anilines is 1. The number of hydrogen-bond donors (Lipinski definition) is 0. The Morgan fingerprint density at radius 1 is 0.800 bits per heavy atom. The van der Waals surface area contributed by atoms with E-state index in [9.17, 15) is 0 Å².